The minimum atomic E-state index is -1.10. The summed E-state index contributed by atoms with van der Waals surface area (Å²) in [6.45, 7) is 1.40. The number of hydrogen-bond donors (Lipinski definition) is 1. The molecule has 0 aliphatic rings. The molecule has 0 radical (unpaired) electrons. The standard InChI is InChI=1S/C18H18FNO5/c1-11(17(21)20-12-4-6-13(23-2)7-5-12)25-18(22)15-9-8-14(24-3)10-16(15)19/h4-11H,1-3H3,(H,20,21)/t11-/m1/s1. The summed E-state index contributed by atoms with van der Waals surface area (Å²) in [7, 11) is 2.92. The molecule has 132 valence electrons. The van der Waals surface area contributed by atoms with E-state index in [1.54, 1.807) is 24.3 Å². The second kappa shape index (κ2) is 8.14. The molecular formula is C18H18FNO5. The van der Waals surface area contributed by atoms with E-state index in [0.717, 1.165) is 6.07 Å². The predicted molar refractivity (Wildman–Crippen MR) is 89.5 cm³/mol. The molecule has 0 unspecified atom stereocenters. The zero-order valence-corrected chi connectivity index (χ0v) is 14.0. The van der Waals surface area contributed by atoms with Gasteiger partial charge in [0.1, 0.15) is 17.3 Å². The van der Waals surface area contributed by atoms with Gasteiger partial charge in [0, 0.05) is 11.8 Å². The van der Waals surface area contributed by atoms with Crippen molar-refractivity contribution in [3.05, 3.63) is 53.8 Å². The molecule has 0 saturated carbocycles. The second-order valence-electron chi connectivity index (χ2n) is 5.11. The second-order valence-corrected chi connectivity index (χ2v) is 5.11. The molecule has 0 bridgehead atoms. The Morgan fingerprint density at radius 2 is 1.60 bits per heavy atom. The molecule has 1 amide bonds. The minimum Gasteiger partial charge on any atom is -0.497 e. The Labute approximate surface area is 144 Å². The van der Waals surface area contributed by atoms with Crippen LogP contribution in [0.3, 0.4) is 0 Å². The van der Waals surface area contributed by atoms with Crippen LogP contribution in [0, 0.1) is 5.82 Å². The van der Waals surface area contributed by atoms with Crippen molar-refractivity contribution in [2.24, 2.45) is 0 Å². The zero-order valence-electron chi connectivity index (χ0n) is 14.0. The van der Waals surface area contributed by atoms with Crippen molar-refractivity contribution in [1.29, 1.82) is 0 Å². The van der Waals surface area contributed by atoms with E-state index in [1.165, 1.54) is 33.3 Å². The maximum atomic E-state index is 13.9. The lowest BCUT2D eigenvalue weighted by Gasteiger charge is -2.14. The Morgan fingerprint density at radius 1 is 1.00 bits per heavy atom. The molecule has 6 nitrogen and oxygen atoms in total. The summed E-state index contributed by atoms with van der Waals surface area (Å²) in [5, 5.41) is 2.60. The number of hydrogen-bond acceptors (Lipinski definition) is 5. The van der Waals surface area contributed by atoms with Crippen LogP contribution >= 0.6 is 0 Å². The molecular weight excluding hydrogens is 329 g/mol. The van der Waals surface area contributed by atoms with Crippen LogP contribution in [0.25, 0.3) is 0 Å². The van der Waals surface area contributed by atoms with E-state index >= 15 is 0 Å². The van der Waals surface area contributed by atoms with Crippen LogP contribution in [-0.2, 0) is 9.53 Å². The van der Waals surface area contributed by atoms with Crippen molar-refractivity contribution >= 4 is 17.6 Å². The van der Waals surface area contributed by atoms with Gasteiger partial charge in [0.25, 0.3) is 5.91 Å². The van der Waals surface area contributed by atoms with Gasteiger partial charge in [-0.05, 0) is 43.3 Å². The molecule has 2 aromatic carbocycles. The van der Waals surface area contributed by atoms with Gasteiger partial charge in [-0.25, -0.2) is 9.18 Å². The smallest absolute Gasteiger partial charge is 0.341 e. The highest BCUT2D eigenvalue weighted by molar-refractivity contribution is 5.97. The summed E-state index contributed by atoms with van der Waals surface area (Å²) in [5.74, 6) is -1.33. The lowest BCUT2D eigenvalue weighted by molar-refractivity contribution is -0.123. The molecule has 0 saturated heterocycles. The molecule has 0 fully saturated rings. The van der Waals surface area contributed by atoms with E-state index in [2.05, 4.69) is 5.32 Å². The van der Waals surface area contributed by atoms with Crippen molar-refractivity contribution in [3.63, 3.8) is 0 Å². The Morgan fingerprint density at radius 3 is 2.16 bits per heavy atom. The quantitative estimate of drug-likeness (QED) is 0.813. The van der Waals surface area contributed by atoms with E-state index in [0.29, 0.717) is 11.4 Å². The zero-order chi connectivity index (χ0) is 18.4. The first-order valence-electron chi connectivity index (χ1n) is 7.44. The highest BCUT2D eigenvalue weighted by Gasteiger charge is 2.21. The van der Waals surface area contributed by atoms with Crippen LogP contribution in [0.5, 0.6) is 11.5 Å². The van der Waals surface area contributed by atoms with E-state index in [-0.39, 0.29) is 11.3 Å². The summed E-state index contributed by atoms with van der Waals surface area (Å²) in [4.78, 5) is 24.1. The monoisotopic (exact) mass is 347 g/mol. The third kappa shape index (κ3) is 4.69. The number of ether oxygens (including phenoxy) is 3. The molecule has 0 aromatic heterocycles. The molecule has 7 heteroatoms. The summed E-state index contributed by atoms with van der Waals surface area (Å²) < 4.78 is 28.8. The third-order valence-corrected chi connectivity index (χ3v) is 3.41. The molecule has 2 aromatic rings. The number of nitrogens with one attached hydrogen (secondary N) is 1. The van der Waals surface area contributed by atoms with E-state index < -0.39 is 23.8 Å². The molecule has 0 heterocycles. The molecule has 1 N–H and O–H groups in total. The highest BCUT2D eigenvalue weighted by atomic mass is 19.1. The van der Waals surface area contributed by atoms with E-state index in [1.807, 2.05) is 0 Å². The number of methoxy groups -OCH3 is 2. The molecule has 0 aliphatic heterocycles. The maximum Gasteiger partial charge on any atom is 0.341 e. The fraction of sp³-hybridized carbons (Fsp3) is 0.222. The molecule has 1 atom stereocenters. The lowest BCUT2D eigenvalue weighted by atomic mass is 10.2. The first-order chi connectivity index (χ1) is 11.9. The lowest BCUT2D eigenvalue weighted by Crippen LogP contribution is -2.30. The van der Waals surface area contributed by atoms with Crippen LogP contribution < -0.4 is 14.8 Å². The third-order valence-electron chi connectivity index (χ3n) is 3.41. The number of amides is 1. The molecule has 25 heavy (non-hydrogen) atoms. The van der Waals surface area contributed by atoms with Gasteiger partial charge in [-0.2, -0.15) is 0 Å². The first-order valence-corrected chi connectivity index (χ1v) is 7.44. The van der Waals surface area contributed by atoms with Gasteiger partial charge >= 0.3 is 5.97 Å². The fourth-order valence-electron chi connectivity index (χ4n) is 1.98. The Balaban J connectivity index is 1.98. The number of anilines is 1. The predicted octanol–water partition coefficient (Wildman–Crippen LogP) is 3.03. The number of carbonyl (C=O) groups excluding carboxylic acids is 2. The first kappa shape index (κ1) is 18.3. The highest BCUT2D eigenvalue weighted by Crippen LogP contribution is 2.18. The topological polar surface area (TPSA) is 73.9 Å². The fourth-order valence-corrected chi connectivity index (χ4v) is 1.98. The van der Waals surface area contributed by atoms with Gasteiger partial charge in [0.2, 0.25) is 0 Å². The largest absolute Gasteiger partial charge is 0.497 e. The number of esters is 1. The summed E-state index contributed by atoms with van der Waals surface area (Å²) >= 11 is 0. The van der Waals surface area contributed by atoms with Crippen LogP contribution in [-0.4, -0.2) is 32.2 Å². The summed E-state index contributed by atoms with van der Waals surface area (Å²) in [6, 6.07) is 10.4. The van der Waals surface area contributed by atoms with Gasteiger partial charge in [0.05, 0.1) is 19.8 Å². The minimum absolute atomic E-state index is 0.273. The Kier molecular flexibility index (Phi) is 5.94. The van der Waals surface area contributed by atoms with Crippen molar-refractivity contribution in [2.75, 3.05) is 19.5 Å². The molecule has 0 spiro atoms. The van der Waals surface area contributed by atoms with Crippen LogP contribution in [0.2, 0.25) is 0 Å². The summed E-state index contributed by atoms with van der Waals surface area (Å²) in [6.07, 6.45) is -1.10. The van der Waals surface area contributed by atoms with Gasteiger partial charge < -0.3 is 19.5 Å². The van der Waals surface area contributed by atoms with E-state index in [4.69, 9.17) is 14.2 Å². The average molecular weight is 347 g/mol. The van der Waals surface area contributed by atoms with Gasteiger partial charge in [-0.15, -0.1) is 0 Å². The van der Waals surface area contributed by atoms with Crippen molar-refractivity contribution < 1.29 is 28.2 Å². The number of rotatable bonds is 6. The number of benzene rings is 2. The normalized spacial score (nSPS) is 11.4. The van der Waals surface area contributed by atoms with E-state index in [9.17, 15) is 14.0 Å². The van der Waals surface area contributed by atoms with Crippen molar-refractivity contribution in [1.82, 2.24) is 0 Å². The van der Waals surface area contributed by atoms with Gasteiger partial charge in [0.15, 0.2) is 6.10 Å². The van der Waals surface area contributed by atoms with Crippen LogP contribution in [0.4, 0.5) is 10.1 Å². The van der Waals surface area contributed by atoms with Crippen molar-refractivity contribution in [2.45, 2.75) is 13.0 Å². The number of carbonyl (C=O) groups is 2. The maximum absolute atomic E-state index is 13.9. The van der Waals surface area contributed by atoms with Crippen LogP contribution in [0.15, 0.2) is 42.5 Å². The Bertz CT molecular complexity index is 761. The van der Waals surface area contributed by atoms with Gasteiger partial charge in [-0.3, -0.25) is 4.79 Å². The average Bonchev–Trinajstić information content (AvgIpc) is 2.61. The van der Waals surface area contributed by atoms with Crippen molar-refractivity contribution in [3.8, 4) is 11.5 Å². The molecule has 0 aliphatic carbocycles. The Hall–Kier alpha value is -3.09. The van der Waals surface area contributed by atoms with Gasteiger partial charge in [-0.1, -0.05) is 0 Å². The molecule has 2 rings (SSSR count). The number of halogens is 1. The SMILES string of the molecule is COc1ccc(NC(=O)[C@@H](C)OC(=O)c2ccc(OC)cc2F)cc1. The summed E-state index contributed by atoms with van der Waals surface area (Å²) in [5.41, 5.74) is 0.245. The van der Waals surface area contributed by atoms with Crippen LogP contribution in [0.1, 0.15) is 17.3 Å².